The van der Waals surface area contributed by atoms with E-state index in [4.69, 9.17) is 0 Å². The van der Waals surface area contributed by atoms with Crippen molar-refractivity contribution < 1.29 is 63.0 Å². The third kappa shape index (κ3) is 6.52. The van der Waals surface area contributed by atoms with Gasteiger partial charge in [-0.1, -0.05) is 0 Å². The molecule has 0 saturated carbocycles. The van der Waals surface area contributed by atoms with E-state index in [0.717, 1.165) is 0 Å². The average molecular weight is 410 g/mol. The van der Waals surface area contributed by atoms with Crippen LogP contribution in [0.15, 0.2) is 0 Å². The standard InChI is InChI=1S/C12H12F10O4/c13-9(14,11(17,18)19)7(23)25-5-3-1-2-4-6-26-8(24)10(15,16)12(20,21)22/h1-6H2. The van der Waals surface area contributed by atoms with Crippen molar-refractivity contribution in [3.63, 3.8) is 0 Å². The fourth-order valence-corrected chi connectivity index (χ4v) is 1.30. The zero-order valence-electron chi connectivity index (χ0n) is 12.7. The molecule has 0 aliphatic rings. The van der Waals surface area contributed by atoms with E-state index in [0.29, 0.717) is 0 Å². The van der Waals surface area contributed by atoms with Crippen LogP contribution in [0.5, 0.6) is 0 Å². The summed E-state index contributed by atoms with van der Waals surface area (Å²) < 4.78 is 128. The highest BCUT2D eigenvalue weighted by Crippen LogP contribution is 2.37. The lowest BCUT2D eigenvalue weighted by Crippen LogP contribution is -2.45. The molecule has 4 nitrogen and oxygen atoms in total. The van der Waals surface area contributed by atoms with E-state index in [9.17, 15) is 53.5 Å². The molecule has 0 saturated heterocycles. The summed E-state index contributed by atoms with van der Waals surface area (Å²) in [5, 5.41) is 0. The van der Waals surface area contributed by atoms with Crippen molar-refractivity contribution in [2.45, 2.75) is 49.9 Å². The van der Waals surface area contributed by atoms with Crippen LogP contribution in [0.2, 0.25) is 0 Å². The predicted octanol–water partition coefficient (Wildman–Crippen LogP) is 4.03. The van der Waals surface area contributed by atoms with E-state index in [1.54, 1.807) is 0 Å². The lowest BCUT2D eigenvalue weighted by atomic mass is 10.2. The number of carbonyl (C=O) groups is 2. The Morgan fingerprint density at radius 1 is 0.538 bits per heavy atom. The van der Waals surface area contributed by atoms with E-state index in [1.807, 2.05) is 0 Å². The van der Waals surface area contributed by atoms with Crippen LogP contribution in [0, 0.1) is 0 Å². The maximum absolute atomic E-state index is 12.5. The van der Waals surface area contributed by atoms with Gasteiger partial charge < -0.3 is 9.47 Å². The van der Waals surface area contributed by atoms with E-state index in [1.165, 1.54) is 0 Å². The van der Waals surface area contributed by atoms with Gasteiger partial charge in [0.2, 0.25) is 0 Å². The van der Waals surface area contributed by atoms with Crippen LogP contribution >= 0.6 is 0 Å². The van der Waals surface area contributed by atoms with E-state index in [2.05, 4.69) is 9.47 Å². The normalized spacial score (nSPS) is 13.5. The molecule has 0 aromatic rings. The highest BCUT2D eigenvalue weighted by molar-refractivity contribution is 5.79. The number of hydrogen-bond acceptors (Lipinski definition) is 4. The van der Waals surface area contributed by atoms with Gasteiger partial charge in [0.05, 0.1) is 13.2 Å². The van der Waals surface area contributed by atoms with Gasteiger partial charge in [0.1, 0.15) is 0 Å². The van der Waals surface area contributed by atoms with Gasteiger partial charge >= 0.3 is 36.1 Å². The molecule has 0 aliphatic carbocycles. The number of esters is 2. The van der Waals surface area contributed by atoms with Crippen LogP contribution in [-0.4, -0.2) is 49.4 Å². The number of alkyl halides is 10. The number of halogens is 10. The van der Waals surface area contributed by atoms with Gasteiger partial charge in [-0.15, -0.1) is 0 Å². The van der Waals surface area contributed by atoms with Crippen molar-refractivity contribution in [3.8, 4) is 0 Å². The number of unbranched alkanes of at least 4 members (excludes halogenated alkanes) is 3. The Kier molecular flexibility index (Phi) is 8.16. The van der Waals surface area contributed by atoms with Crippen LogP contribution in [-0.2, 0) is 19.1 Å². The zero-order valence-corrected chi connectivity index (χ0v) is 12.7. The summed E-state index contributed by atoms with van der Waals surface area (Å²) in [6, 6.07) is 0. The summed E-state index contributed by atoms with van der Waals surface area (Å²) in [5.74, 6) is -16.9. The van der Waals surface area contributed by atoms with Crippen LogP contribution < -0.4 is 0 Å². The second-order valence-corrected chi connectivity index (χ2v) is 4.83. The first kappa shape index (κ1) is 24.2. The Morgan fingerprint density at radius 2 is 0.808 bits per heavy atom. The molecule has 0 atom stereocenters. The summed E-state index contributed by atoms with van der Waals surface area (Å²) in [5.41, 5.74) is 0. The minimum Gasteiger partial charge on any atom is -0.461 e. The molecule has 26 heavy (non-hydrogen) atoms. The maximum atomic E-state index is 12.5. The Hall–Kier alpha value is -1.76. The van der Waals surface area contributed by atoms with Crippen LogP contribution in [0.1, 0.15) is 25.7 Å². The maximum Gasteiger partial charge on any atom is 0.465 e. The third-order valence-corrected chi connectivity index (χ3v) is 2.73. The van der Waals surface area contributed by atoms with Gasteiger partial charge in [0, 0.05) is 0 Å². The second kappa shape index (κ2) is 8.75. The Bertz CT molecular complexity index is 439. The largest absolute Gasteiger partial charge is 0.465 e. The molecule has 0 aromatic carbocycles. The fourth-order valence-electron chi connectivity index (χ4n) is 1.30. The first-order chi connectivity index (χ1) is 11.5. The van der Waals surface area contributed by atoms with Crippen molar-refractivity contribution in [1.29, 1.82) is 0 Å². The van der Waals surface area contributed by atoms with Crippen molar-refractivity contribution >= 4 is 11.9 Å². The summed E-state index contributed by atoms with van der Waals surface area (Å²) >= 11 is 0. The first-order valence-corrected chi connectivity index (χ1v) is 6.78. The minimum absolute atomic E-state index is 0.0259. The van der Waals surface area contributed by atoms with Crippen LogP contribution in [0.25, 0.3) is 0 Å². The lowest BCUT2D eigenvalue weighted by Gasteiger charge is -2.18. The Balaban J connectivity index is 3.94. The molecule has 0 bridgehead atoms. The van der Waals surface area contributed by atoms with Gasteiger partial charge in [-0.25, -0.2) is 9.59 Å². The molecule has 0 spiro atoms. The van der Waals surface area contributed by atoms with Crippen molar-refractivity contribution in [3.05, 3.63) is 0 Å². The number of rotatable bonds is 9. The molecule has 0 aliphatic heterocycles. The van der Waals surface area contributed by atoms with Crippen molar-refractivity contribution in [2.75, 3.05) is 13.2 Å². The fraction of sp³-hybridized carbons (Fsp3) is 0.833. The lowest BCUT2D eigenvalue weighted by molar-refractivity contribution is -0.281. The molecular formula is C12H12F10O4. The smallest absolute Gasteiger partial charge is 0.461 e. The van der Waals surface area contributed by atoms with E-state index >= 15 is 0 Å². The third-order valence-electron chi connectivity index (χ3n) is 2.73. The van der Waals surface area contributed by atoms with Crippen molar-refractivity contribution in [1.82, 2.24) is 0 Å². The van der Waals surface area contributed by atoms with Gasteiger partial charge in [-0.05, 0) is 25.7 Å². The Labute approximate surface area is 139 Å². The number of ether oxygens (including phenoxy) is 2. The molecule has 154 valence electrons. The highest BCUT2D eigenvalue weighted by Gasteiger charge is 2.65. The molecule has 0 fully saturated rings. The quantitative estimate of drug-likeness (QED) is 0.327. The SMILES string of the molecule is O=C(OCCCCCCOC(=O)C(F)(F)C(F)(F)F)C(F)(F)C(F)(F)F. The second-order valence-electron chi connectivity index (χ2n) is 4.83. The van der Waals surface area contributed by atoms with E-state index in [-0.39, 0.29) is 25.7 Å². The number of carbonyl (C=O) groups excluding carboxylic acids is 2. The molecule has 0 unspecified atom stereocenters. The van der Waals surface area contributed by atoms with Crippen LogP contribution in [0.4, 0.5) is 43.9 Å². The van der Waals surface area contributed by atoms with Gasteiger partial charge in [0.25, 0.3) is 0 Å². The monoisotopic (exact) mass is 410 g/mol. The first-order valence-electron chi connectivity index (χ1n) is 6.78. The minimum atomic E-state index is -6.10. The molecule has 0 aromatic heterocycles. The predicted molar refractivity (Wildman–Crippen MR) is 62.4 cm³/mol. The van der Waals surface area contributed by atoms with Crippen molar-refractivity contribution in [2.24, 2.45) is 0 Å². The summed E-state index contributed by atoms with van der Waals surface area (Å²) in [7, 11) is 0. The molecule has 0 rings (SSSR count). The van der Waals surface area contributed by atoms with Gasteiger partial charge in [-0.3, -0.25) is 0 Å². The summed E-state index contributed by atoms with van der Waals surface area (Å²) in [6.07, 6.45) is -12.5. The van der Waals surface area contributed by atoms with E-state index < -0.39 is 49.4 Å². The molecule has 0 amide bonds. The molecule has 0 N–H and O–H groups in total. The molecule has 0 heterocycles. The average Bonchev–Trinajstić information content (AvgIpc) is 2.46. The molecule has 0 radical (unpaired) electrons. The van der Waals surface area contributed by atoms with Gasteiger partial charge in [0.15, 0.2) is 0 Å². The highest BCUT2D eigenvalue weighted by atomic mass is 19.4. The topological polar surface area (TPSA) is 52.6 Å². The molecule has 14 heteroatoms. The molecular weight excluding hydrogens is 398 g/mol. The summed E-state index contributed by atoms with van der Waals surface area (Å²) in [4.78, 5) is 21.2. The number of hydrogen-bond donors (Lipinski definition) is 0. The van der Waals surface area contributed by atoms with Gasteiger partial charge in [-0.2, -0.15) is 43.9 Å². The Morgan fingerprint density at radius 3 is 1.04 bits per heavy atom. The van der Waals surface area contributed by atoms with Crippen LogP contribution in [0.3, 0.4) is 0 Å². The summed E-state index contributed by atoms with van der Waals surface area (Å²) in [6.45, 7) is -1.59. The zero-order chi connectivity index (χ0) is 20.8.